The van der Waals surface area contributed by atoms with Crippen LogP contribution in [-0.4, -0.2) is 14.9 Å². The van der Waals surface area contributed by atoms with E-state index in [0.717, 1.165) is 22.5 Å². The van der Waals surface area contributed by atoms with Crippen molar-refractivity contribution in [3.05, 3.63) is 95.0 Å². The Labute approximate surface area is 160 Å². The van der Waals surface area contributed by atoms with E-state index < -0.39 is 4.92 Å². The largest absolute Gasteiger partial charge is 0.320 e. The lowest BCUT2D eigenvalue weighted by Crippen LogP contribution is -1.87. The van der Waals surface area contributed by atoms with Crippen molar-refractivity contribution in [2.45, 2.75) is 0 Å². The van der Waals surface area contributed by atoms with Gasteiger partial charge < -0.3 is 4.98 Å². The predicted octanol–water partition coefficient (Wildman–Crippen LogP) is 6.07. The number of nitro benzene ring substituents is 1. The minimum absolute atomic E-state index is 0.107. The third-order valence-electron chi connectivity index (χ3n) is 4.13. The van der Waals surface area contributed by atoms with Crippen molar-refractivity contribution in [2.24, 2.45) is 10.2 Å². The van der Waals surface area contributed by atoms with Crippen LogP contribution >= 0.6 is 0 Å². The van der Waals surface area contributed by atoms with Crippen molar-refractivity contribution in [3.63, 3.8) is 0 Å². The molecule has 1 heterocycles. The zero-order valence-electron chi connectivity index (χ0n) is 14.7. The van der Waals surface area contributed by atoms with Gasteiger partial charge in [0.15, 0.2) is 5.69 Å². The molecule has 3 aromatic carbocycles. The molecule has 0 aliphatic heterocycles. The van der Waals surface area contributed by atoms with Gasteiger partial charge in [0, 0.05) is 17.2 Å². The molecule has 0 radical (unpaired) electrons. The molecule has 4 aromatic rings. The second kappa shape index (κ2) is 7.63. The van der Waals surface area contributed by atoms with Gasteiger partial charge in [-0.25, -0.2) is 4.98 Å². The molecule has 0 aliphatic carbocycles. The maximum absolute atomic E-state index is 11.1. The summed E-state index contributed by atoms with van der Waals surface area (Å²) in [5.74, 6) is 0.274. The van der Waals surface area contributed by atoms with Gasteiger partial charge in [0.05, 0.1) is 16.3 Å². The van der Waals surface area contributed by atoms with Crippen molar-refractivity contribution >= 4 is 17.3 Å². The second-order valence-corrected chi connectivity index (χ2v) is 5.96. The Morgan fingerprint density at radius 2 is 1.39 bits per heavy atom. The molecule has 0 aliphatic rings. The number of azo groups is 1. The van der Waals surface area contributed by atoms with Gasteiger partial charge in [0.1, 0.15) is 0 Å². The lowest BCUT2D eigenvalue weighted by molar-refractivity contribution is -0.384. The summed E-state index contributed by atoms with van der Waals surface area (Å²) in [6.45, 7) is 0. The van der Waals surface area contributed by atoms with Crippen LogP contribution in [0.5, 0.6) is 0 Å². The number of H-pyrrole nitrogens is 1. The second-order valence-electron chi connectivity index (χ2n) is 5.96. The molecule has 7 heteroatoms. The Bertz CT molecular complexity index is 1080. The van der Waals surface area contributed by atoms with E-state index in [1.54, 1.807) is 18.2 Å². The lowest BCUT2D eigenvalue weighted by atomic mass is 10.1. The van der Waals surface area contributed by atoms with Crippen LogP contribution in [0.2, 0.25) is 0 Å². The molecule has 0 fully saturated rings. The Morgan fingerprint density at radius 1 is 0.786 bits per heavy atom. The van der Waals surface area contributed by atoms with Crippen LogP contribution in [0.1, 0.15) is 0 Å². The number of aromatic amines is 1. The molecule has 0 spiro atoms. The van der Waals surface area contributed by atoms with Crippen molar-refractivity contribution in [1.82, 2.24) is 9.97 Å². The quantitative estimate of drug-likeness (QED) is 0.263. The first-order chi connectivity index (χ1) is 13.7. The van der Waals surface area contributed by atoms with Crippen LogP contribution in [0.3, 0.4) is 0 Å². The Balaban J connectivity index is 1.77. The molecular formula is C21H15N5O2. The zero-order valence-corrected chi connectivity index (χ0v) is 14.7. The molecule has 0 saturated carbocycles. The molecule has 1 aromatic heterocycles. The molecule has 0 bridgehead atoms. The van der Waals surface area contributed by atoms with Crippen molar-refractivity contribution in [3.8, 4) is 22.5 Å². The highest BCUT2D eigenvalue weighted by molar-refractivity contribution is 5.79. The van der Waals surface area contributed by atoms with Crippen LogP contribution in [0, 0.1) is 10.1 Å². The van der Waals surface area contributed by atoms with E-state index in [-0.39, 0.29) is 17.3 Å². The fraction of sp³-hybridized carbons (Fsp3) is 0. The number of benzene rings is 3. The summed E-state index contributed by atoms with van der Waals surface area (Å²) in [6, 6.07) is 25.7. The highest BCUT2D eigenvalue weighted by Crippen LogP contribution is 2.33. The molecule has 136 valence electrons. The topological polar surface area (TPSA) is 96.5 Å². The monoisotopic (exact) mass is 369 g/mol. The fourth-order valence-electron chi connectivity index (χ4n) is 2.83. The minimum Gasteiger partial charge on any atom is -0.320 e. The molecule has 7 nitrogen and oxygen atoms in total. The molecule has 0 amide bonds. The number of nitro groups is 1. The highest BCUT2D eigenvalue weighted by atomic mass is 16.6. The molecule has 0 unspecified atom stereocenters. The summed E-state index contributed by atoms with van der Waals surface area (Å²) in [5, 5.41) is 19.3. The zero-order chi connectivity index (χ0) is 19.3. The average molecular weight is 369 g/mol. The number of para-hydroxylation sites is 1. The highest BCUT2D eigenvalue weighted by Gasteiger charge is 2.15. The molecule has 28 heavy (non-hydrogen) atoms. The van der Waals surface area contributed by atoms with Gasteiger partial charge in [-0.3, -0.25) is 10.1 Å². The van der Waals surface area contributed by atoms with Gasteiger partial charge >= 0.3 is 0 Å². The third kappa shape index (κ3) is 3.54. The smallest absolute Gasteiger partial charge is 0.296 e. The van der Waals surface area contributed by atoms with Gasteiger partial charge in [-0.2, -0.15) is 0 Å². The van der Waals surface area contributed by atoms with Gasteiger partial charge in [-0.05, 0) is 6.07 Å². The summed E-state index contributed by atoms with van der Waals surface area (Å²) in [6.07, 6.45) is 0. The predicted molar refractivity (Wildman–Crippen MR) is 107 cm³/mol. The number of hydrogen-bond donors (Lipinski definition) is 1. The first kappa shape index (κ1) is 17.3. The summed E-state index contributed by atoms with van der Waals surface area (Å²) in [7, 11) is 0. The number of rotatable bonds is 5. The standard InChI is InChI=1S/C21H15N5O2/c27-26(28)18-14-8-7-13-17(18)24-25-21-22-19(15-9-3-1-4-10-15)20(23-21)16-11-5-2-6-12-16/h1-14H,(H,22,23). The van der Waals surface area contributed by atoms with E-state index in [2.05, 4.69) is 20.2 Å². The van der Waals surface area contributed by atoms with Crippen LogP contribution in [0.4, 0.5) is 17.3 Å². The summed E-state index contributed by atoms with van der Waals surface area (Å²) >= 11 is 0. The van der Waals surface area contributed by atoms with Crippen LogP contribution < -0.4 is 0 Å². The first-order valence-electron chi connectivity index (χ1n) is 8.58. The average Bonchev–Trinajstić information content (AvgIpc) is 3.18. The van der Waals surface area contributed by atoms with E-state index in [0.29, 0.717) is 0 Å². The van der Waals surface area contributed by atoms with Gasteiger partial charge in [-0.15, -0.1) is 10.2 Å². The van der Waals surface area contributed by atoms with Gasteiger partial charge in [-0.1, -0.05) is 72.8 Å². The van der Waals surface area contributed by atoms with E-state index in [1.807, 2.05) is 60.7 Å². The molecule has 4 rings (SSSR count). The van der Waals surface area contributed by atoms with E-state index in [1.165, 1.54) is 6.07 Å². The summed E-state index contributed by atoms with van der Waals surface area (Å²) in [4.78, 5) is 18.4. The Hall–Kier alpha value is -4.13. The van der Waals surface area contributed by atoms with E-state index >= 15 is 0 Å². The van der Waals surface area contributed by atoms with Crippen LogP contribution in [0.25, 0.3) is 22.5 Å². The Morgan fingerprint density at radius 3 is 2.07 bits per heavy atom. The maximum atomic E-state index is 11.1. The van der Waals surface area contributed by atoms with Crippen molar-refractivity contribution in [1.29, 1.82) is 0 Å². The number of aromatic nitrogens is 2. The number of imidazole rings is 1. The fourth-order valence-corrected chi connectivity index (χ4v) is 2.83. The van der Waals surface area contributed by atoms with E-state index in [4.69, 9.17) is 0 Å². The molecular weight excluding hydrogens is 354 g/mol. The minimum atomic E-state index is -0.485. The first-order valence-corrected chi connectivity index (χ1v) is 8.58. The third-order valence-corrected chi connectivity index (χ3v) is 4.13. The normalized spacial score (nSPS) is 11.0. The number of hydrogen-bond acceptors (Lipinski definition) is 5. The molecule has 0 atom stereocenters. The Kier molecular flexibility index (Phi) is 4.71. The maximum Gasteiger partial charge on any atom is 0.296 e. The van der Waals surface area contributed by atoms with E-state index in [9.17, 15) is 10.1 Å². The van der Waals surface area contributed by atoms with Gasteiger partial charge in [0.2, 0.25) is 5.95 Å². The van der Waals surface area contributed by atoms with Crippen LogP contribution in [0.15, 0.2) is 95.2 Å². The lowest BCUT2D eigenvalue weighted by Gasteiger charge is -2.02. The van der Waals surface area contributed by atoms with Crippen LogP contribution in [-0.2, 0) is 0 Å². The SMILES string of the molecule is O=[N+]([O-])c1ccccc1N=Nc1nc(-c2ccccc2)c(-c2ccccc2)[nH]1. The number of nitrogens with zero attached hydrogens (tertiary/aromatic N) is 4. The molecule has 1 N–H and O–H groups in total. The van der Waals surface area contributed by atoms with Gasteiger partial charge in [0.25, 0.3) is 5.69 Å². The number of nitrogens with one attached hydrogen (secondary N) is 1. The summed E-state index contributed by atoms with van der Waals surface area (Å²) < 4.78 is 0. The summed E-state index contributed by atoms with van der Waals surface area (Å²) in [5.41, 5.74) is 3.51. The van der Waals surface area contributed by atoms with Crippen molar-refractivity contribution in [2.75, 3.05) is 0 Å². The molecule has 0 saturated heterocycles. The van der Waals surface area contributed by atoms with Crippen molar-refractivity contribution < 1.29 is 4.92 Å².